The standard InChI is InChI=1S/C18H13BN4OS/c19-12-3-1-11(2-4-12)15-8-13-14(7-10-5-6-21-9-10)22-23-16(18(20)24)17(13)25-15/h1-6,8-9,21H,7H2,(H2,20,24). The number of primary amides is 1. The Morgan fingerprint density at radius 1 is 1.20 bits per heavy atom. The van der Waals surface area contributed by atoms with Crippen molar-refractivity contribution in [3.05, 3.63) is 65.7 Å². The Hall–Kier alpha value is -2.93. The van der Waals surface area contributed by atoms with Gasteiger partial charge in [0.2, 0.25) is 0 Å². The van der Waals surface area contributed by atoms with Gasteiger partial charge in [-0.25, -0.2) is 0 Å². The largest absolute Gasteiger partial charge is 0.367 e. The summed E-state index contributed by atoms with van der Waals surface area (Å²) in [5, 5.41) is 9.21. The van der Waals surface area contributed by atoms with E-state index in [1.807, 2.05) is 48.8 Å². The zero-order valence-electron chi connectivity index (χ0n) is 13.2. The van der Waals surface area contributed by atoms with Crippen LogP contribution in [0, 0.1) is 0 Å². The Morgan fingerprint density at radius 2 is 2.00 bits per heavy atom. The molecule has 7 heteroatoms. The van der Waals surface area contributed by atoms with Gasteiger partial charge in [0, 0.05) is 29.1 Å². The molecule has 3 aromatic heterocycles. The van der Waals surface area contributed by atoms with Crippen molar-refractivity contribution < 1.29 is 4.79 Å². The van der Waals surface area contributed by atoms with E-state index in [-0.39, 0.29) is 5.69 Å². The average molecular weight is 344 g/mol. The van der Waals surface area contributed by atoms with E-state index >= 15 is 0 Å². The summed E-state index contributed by atoms with van der Waals surface area (Å²) in [7, 11) is 5.76. The minimum atomic E-state index is -0.573. The normalized spacial score (nSPS) is 11.0. The van der Waals surface area contributed by atoms with Gasteiger partial charge in [-0.15, -0.1) is 16.4 Å². The molecule has 0 atom stereocenters. The van der Waals surface area contributed by atoms with E-state index < -0.39 is 5.91 Å². The highest BCUT2D eigenvalue weighted by molar-refractivity contribution is 7.22. The van der Waals surface area contributed by atoms with Gasteiger partial charge in [0.15, 0.2) is 5.69 Å². The second-order valence-corrected chi connectivity index (χ2v) is 6.78. The molecule has 25 heavy (non-hydrogen) atoms. The van der Waals surface area contributed by atoms with Gasteiger partial charge in [0.25, 0.3) is 5.91 Å². The number of hydrogen-bond acceptors (Lipinski definition) is 4. The molecule has 5 nitrogen and oxygen atoms in total. The van der Waals surface area contributed by atoms with Gasteiger partial charge in [-0.05, 0) is 23.3 Å². The summed E-state index contributed by atoms with van der Waals surface area (Å²) in [5.41, 5.74) is 9.34. The molecule has 1 aromatic carbocycles. The molecule has 0 aliphatic heterocycles. The monoisotopic (exact) mass is 344 g/mol. The third-order valence-corrected chi connectivity index (χ3v) is 5.18. The minimum Gasteiger partial charge on any atom is -0.367 e. The molecule has 0 fully saturated rings. The van der Waals surface area contributed by atoms with Crippen molar-refractivity contribution in [1.29, 1.82) is 0 Å². The number of thiophene rings is 1. The molecule has 3 N–H and O–H groups in total. The Labute approximate surface area is 149 Å². The summed E-state index contributed by atoms with van der Waals surface area (Å²) in [4.78, 5) is 15.8. The number of hydrogen-bond donors (Lipinski definition) is 2. The minimum absolute atomic E-state index is 0.208. The number of nitrogens with zero attached hydrogens (tertiary/aromatic N) is 2. The molecular formula is C18H13BN4OS. The summed E-state index contributed by atoms with van der Waals surface area (Å²) in [6.45, 7) is 0. The van der Waals surface area contributed by atoms with Crippen molar-refractivity contribution in [2.24, 2.45) is 5.73 Å². The molecule has 4 aromatic rings. The first kappa shape index (κ1) is 15.6. The van der Waals surface area contributed by atoms with E-state index in [1.54, 1.807) is 0 Å². The SMILES string of the molecule is [B]c1ccc(-c2cc3c(Cc4cc[nH]c4)nnc(C(N)=O)c3s2)cc1. The third kappa shape index (κ3) is 2.94. The van der Waals surface area contributed by atoms with E-state index in [4.69, 9.17) is 13.6 Å². The van der Waals surface area contributed by atoms with Crippen LogP contribution < -0.4 is 11.2 Å². The molecule has 0 spiro atoms. The zero-order chi connectivity index (χ0) is 17.4. The number of nitrogens with two attached hydrogens (primary N) is 1. The quantitative estimate of drug-likeness (QED) is 0.557. The zero-order valence-corrected chi connectivity index (χ0v) is 14.0. The average Bonchev–Trinajstić information content (AvgIpc) is 3.25. The van der Waals surface area contributed by atoms with Crippen LogP contribution in [0.25, 0.3) is 20.5 Å². The fourth-order valence-electron chi connectivity index (χ4n) is 2.73. The maximum Gasteiger partial charge on any atom is 0.270 e. The van der Waals surface area contributed by atoms with Gasteiger partial charge in [-0.1, -0.05) is 29.7 Å². The Bertz CT molecular complexity index is 1050. The van der Waals surface area contributed by atoms with Gasteiger partial charge >= 0.3 is 0 Å². The molecule has 0 aliphatic rings. The first-order valence-corrected chi connectivity index (χ1v) is 8.50. The number of aromatic nitrogens is 3. The highest BCUT2D eigenvalue weighted by atomic mass is 32.1. The first-order chi connectivity index (χ1) is 12.1. The molecule has 0 unspecified atom stereocenters. The van der Waals surface area contributed by atoms with Crippen molar-refractivity contribution in [1.82, 2.24) is 15.2 Å². The highest BCUT2D eigenvalue weighted by Gasteiger charge is 2.17. The predicted octanol–water partition coefficient (Wildman–Crippen LogP) is 2.17. The van der Waals surface area contributed by atoms with Crippen LogP contribution in [0.5, 0.6) is 0 Å². The van der Waals surface area contributed by atoms with E-state index in [9.17, 15) is 4.79 Å². The fraction of sp³-hybridized carbons (Fsp3) is 0.0556. The number of H-pyrrole nitrogens is 1. The van der Waals surface area contributed by atoms with Crippen LogP contribution in [-0.4, -0.2) is 28.9 Å². The van der Waals surface area contributed by atoms with Crippen LogP contribution in [0.15, 0.2) is 48.8 Å². The van der Waals surface area contributed by atoms with Crippen LogP contribution in [0.3, 0.4) is 0 Å². The maximum absolute atomic E-state index is 11.7. The van der Waals surface area contributed by atoms with Crippen molar-refractivity contribution in [2.75, 3.05) is 0 Å². The van der Waals surface area contributed by atoms with Gasteiger partial charge in [0.05, 0.1) is 10.4 Å². The molecule has 0 saturated carbocycles. The molecule has 3 heterocycles. The Kier molecular flexibility index (Phi) is 3.85. The van der Waals surface area contributed by atoms with Crippen molar-refractivity contribution in [2.45, 2.75) is 6.42 Å². The summed E-state index contributed by atoms with van der Waals surface area (Å²) < 4.78 is 0.764. The topological polar surface area (TPSA) is 84.7 Å². The second-order valence-electron chi connectivity index (χ2n) is 5.73. The summed E-state index contributed by atoms with van der Waals surface area (Å²) in [6.07, 6.45) is 4.41. The molecule has 2 radical (unpaired) electrons. The summed E-state index contributed by atoms with van der Waals surface area (Å²) in [6, 6.07) is 11.6. The number of amides is 1. The number of carbonyl (C=O) groups excluding carboxylic acids is 1. The van der Waals surface area contributed by atoms with Crippen LogP contribution >= 0.6 is 11.3 Å². The van der Waals surface area contributed by atoms with Crippen LogP contribution in [-0.2, 0) is 6.42 Å². The Balaban J connectivity index is 1.88. The lowest BCUT2D eigenvalue weighted by Crippen LogP contribution is -2.14. The van der Waals surface area contributed by atoms with Crippen LogP contribution in [0.1, 0.15) is 21.7 Å². The van der Waals surface area contributed by atoms with E-state index in [0.29, 0.717) is 11.9 Å². The molecule has 0 aliphatic carbocycles. The third-order valence-electron chi connectivity index (χ3n) is 3.99. The molecular weight excluding hydrogens is 331 g/mol. The number of fused-ring (bicyclic) bond motifs is 1. The molecule has 0 bridgehead atoms. The maximum atomic E-state index is 11.7. The number of nitrogens with one attached hydrogen (secondary N) is 1. The van der Waals surface area contributed by atoms with Gasteiger partial charge in [-0.2, -0.15) is 5.10 Å². The number of carbonyl (C=O) groups is 1. The first-order valence-electron chi connectivity index (χ1n) is 7.68. The van der Waals surface area contributed by atoms with Crippen LogP contribution in [0.2, 0.25) is 0 Å². The lowest BCUT2D eigenvalue weighted by atomic mass is 9.95. The highest BCUT2D eigenvalue weighted by Crippen LogP contribution is 2.36. The number of aromatic amines is 1. The molecule has 120 valence electrons. The van der Waals surface area contributed by atoms with Crippen LogP contribution in [0.4, 0.5) is 0 Å². The van der Waals surface area contributed by atoms with Gasteiger partial charge < -0.3 is 10.7 Å². The molecule has 0 saturated heterocycles. The van der Waals surface area contributed by atoms with E-state index in [0.717, 1.165) is 31.8 Å². The molecule has 1 amide bonds. The number of benzene rings is 1. The summed E-state index contributed by atoms with van der Waals surface area (Å²) >= 11 is 1.49. The van der Waals surface area contributed by atoms with Gasteiger partial charge in [-0.3, -0.25) is 4.79 Å². The Morgan fingerprint density at radius 3 is 2.68 bits per heavy atom. The van der Waals surface area contributed by atoms with Gasteiger partial charge in [0.1, 0.15) is 7.85 Å². The lowest BCUT2D eigenvalue weighted by molar-refractivity contribution is 0.0996. The van der Waals surface area contributed by atoms with Crippen molar-refractivity contribution in [3.63, 3.8) is 0 Å². The van der Waals surface area contributed by atoms with Crippen molar-refractivity contribution in [3.8, 4) is 10.4 Å². The van der Waals surface area contributed by atoms with Crippen molar-refractivity contribution >= 4 is 40.6 Å². The fourth-order valence-corrected chi connectivity index (χ4v) is 3.91. The smallest absolute Gasteiger partial charge is 0.270 e. The van der Waals surface area contributed by atoms with E-state index in [2.05, 4.69) is 15.2 Å². The van der Waals surface area contributed by atoms with E-state index in [1.165, 1.54) is 11.3 Å². The summed E-state index contributed by atoms with van der Waals surface area (Å²) in [5.74, 6) is -0.573. The second kappa shape index (κ2) is 6.18. The number of rotatable bonds is 4. The predicted molar refractivity (Wildman–Crippen MR) is 100 cm³/mol. The molecule has 4 rings (SSSR count). The lowest BCUT2D eigenvalue weighted by Gasteiger charge is -2.02.